The zero-order valence-electron chi connectivity index (χ0n) is 11.0. The Kier molecular flexibility index (Phi) is 4.60. The average Bonchev–Trinajstić information content (AvgIpc) is 3.02. The molecule has 2 heterocycles. The van der Waals surface area contributed by atoms with Crippen LogP contribution in [0.15, 0.2) is 16.6 Å². The minimum atomic E-state index is -0.413. The Morgan fingerprint density at radius 3 is 3.20 bits per heavy atom. The van der Waals surface area contributed by atoms with Crippen LogP contribution < -0.4 is 4.90 Å². The number of nitrogens with zero attached hydrogens (tertiary/aromatic N) is 4. The lowest BCUT2D eigenvalue weighted by atomic mass is 10.1. The molecule has 1 aliphatic heterocycles. The minimum absolute atomic E-state index is 0.00616. The van der Waals surface area contributed by atoms with Crippen molar-refractivity contribution in [2.45, 2.75) is 13.3 Å². The van der Waals surface area contributed by atoms with Crippen molar-refractivity contribution >= 4 is 28.9 Å². The zero-order valence-corrected chi connectivity index (χ0v) is 11.8. The summed E-state index contributed by atoms with van der Waals surface area (Å²) >= 11 is 1.26. The van der Waals surface area contributed by atoms with E-state index in [4.69, 9.17) is 10.3 Å². The zero-order chi connectivity index (χ0) is 14.5. The topological polar surface area (TPSA) is 95.4 Å². The van der Waals surface area contributed by atoms with E-state index in [-0.39, 0.29) is 18.4 Å². The molecule has 0 saturated carbocycles. The summed E-state index contributed by atoms with van der Waals surface area (Å²) in [4.78, 5) is 28.6. The average molecular weight is 294 g/mol. The van der Waals surface area contributed by atoms with Crippen LogP contribution in [0.2, 0.25) is 0 Å². The standard InChI is InChI=1S/C12H14N4O3S/c1-2-19-12(18)11-9(3-4-20-11)16-7-8(5-10(16)17)6-14-15-13/h3-4,8H,2,5-7H2,1H3. The fraction of sp³-hybridized carbons (Fsp3) is 0.500. The first kappa shape index (κ1) is 14.4. The molecule has 0 bridgehead atoms. The number of anilines is 1. The molecule has 0 aromatic carbocycles. The van der Waals surface area contributed by atoms with Gasteiger partial charge in [0.2, 0.25) is 5.91 Å². The molecule has 1 amide bonds. The number of esters is 1. The molecular formula is C12H14N4O3S. The van der Waals surface area contributed by atoms with Gasteiger partial charge < -0.3 is 9.64 Å². The Morgan fingerprint density at radius 2 is 2.50 bits per heavy atom. The molecule has 1 atom stereocenters. The van der Waals surface area contributed by atoms with Gasteiger partial charge in [-0.05, 0) is 29.8 Å². The van der Waals surface area contributed by atoms with Gasteiger partial charge in [-0.2, -0.15) is 0 Å². The van der Waals surface area contributed by atoms with E-state index in [1.807, 2.05) is 0 Å². The van der Waals surface area contributed by atoms with Gasteiger partial charge in [0.15, 0.2) is 0 Å². The van der Waals surface area contributed by atoms with Gasteiger partial charge in [0.05, 0.1) is 12.3 Å². The third-order valence-corrected chi connectivity index (χ3v) is 3.89. The molecule has 1 unspecified atom stereocenters. The maximum Gasteiger partial charge on any atom is 0.350 e. The predicted octanol–water partition coefficient (Wildman–Crippen LogP) is 2.59. The van der Waals surface area contributed by atoms with Crippen molar-refractivity contribution in [1.82, 2.24) is 0 Å². The second-order valence-electron chi connectivity index (χ2n) is 4.34. The van der Waals surface area contributed by atoms with E-state index in [1.54, 1.807) is 23.3 Å². The second kappa shape index (κ2) is 6.40. The number of amides is 1. The van der Waals surface area contributed by atoms with E-state index in [1.165, 1.54) is 11.3 Å². The predicted molar refractivity (Wildman–Crippen MR) is 74.7 cm³/mol. The fourth-order valence-corrected chi connectivity index (χ4v) is 2.94. The minimum Gasteiger partial charge on any atom is -0.462 e. The van der Waals surface area contributed by atoms with Crippen molar-refractivity contribution in [2.75, 3.05) is 24.6 Å². The molecule has 0 N–H and O–H groups in total. The van der Waals surface area contributed by atoms with E-state index in [0.717, 1.165) is 0 Å². The third-order valence-electron chi connectivity index (χ3n) is 3.00. The summed E-state index contributed by atoms with van der Waals surface area (Å²) in [5, 5.41) is 5.26. The van der Waals surface area contributed by atoms with Crippen molar-refractivity contribution in [3.8, 4) is 0 Å². The van der Waals surface area contributed by atoms with Gasteiger partial charge >= 0.3 is 5.97 Å². The highest BCUT2D eigenvalue weighted by Gasteiger charge is 2.33. The molecule has 1 fully saturated rings. The van der Waals surface area contributed by atoms with Gasteiger partial charge in [-0.15, -0.1) is 11.3 Å². The molecule has 8 heteroatoms. The van der Waals surface area contributed by atoms with Crippen LogP contribution in [0.5, 0.6) is 0 Å². The molecule has 106 valence electrons. The van der Waals surface area contributed by atoms with Crippen LogP contribution in [0.25, 0.3) is 10.4 Å². The smallest absolute Gasteiger partial charge is 0.350 e. The first-order valence-corrected chi connectivity index (χ1v) is 7.11. The SMILES string of the molecule is CCOC(=O)c1sccc1N1CC(CN=[N+]=[N-])CC1=O. The Balaban J connectivity index is 2.16. The number of carbonyl (C=O) groups excluding carboxylic acids is 2. The lowest BCUT2D eigenvalue weighted by molar-refractivity contribution is -0.117. The molecule has 2 rings (SSSR count). The van der Waals surface area contributed by atoms with Gasteiger partial charge in [-0.3, -0.25) is 4.79 Å². The molecule has 0 spiro atoms. The van der Waals surface area contributed by atoms with E-state index < -0.39 is 5.97 Å². The first-order chi connectivity index (χ1) is 9.67. The van der Waals surface area contributed by atoms with Gasteiger partial charge in [0.25, 0.3) is 0 Å². The van der Waals surface area contributed by atoms with E-state index in [2.05, 4.69) is 10.0 Å². The lowest BCUT2D eigenvalue weighted by Crippen LogP contribution is -2.26. The Hall–Kier alpha value is -2.05. The molecule has 0 radical (unpaired) electrons. The van der Waals surface area contributed by atoms with Crippen LogP contribution in [0, 0.1) is 5.92 Å². The molecule has 1 aromatic rings. The van der Waals surface area contributed by atoms with Crippen LogP contribution in [0.4, 0.5) is 5.69 Å². The molecule has 7 nitrogen and oxygen atoms in total. The second-order valence-corrected chi connectivity index (χ2v) is 5.26. The van der Waals surface area contributed by atoms with Crippen LogP contribution in [0.1, 0.15) is 23.0 Å². The van der Waals surface area contributed by atoms with Crippen molar-refractivity contribution in [3.63, 3.8) is 0 Å². The number of carbonyl (C=O) groups is 2. The van der Waals surface area contributed by atoms with E-state index >= 15 is 0 Å². The summed E-state index contributed by atoms with van der Waals surface area (Å²) in [5.41, 5.74) is 8.90. The molecule has 0 aliphatic carbocycles. The summed E-state index contributed by atoms with van der Waals surface area (Å²) < 4.78 is 4.98. The monoisotopic (exact) mass is 294 g/mol. The largest absolute Gasteiger partial charge is 0.462 e. The number of azide groups is 1. The lowest BCUT2D eigenvalue weighted by Gasteiger charge is -2.16. The summed E-state index contributed by atoms with van der Waals surface area (Å²) in [6, 6.07) is 1.74. The molecular weight excluding hydrogens is 280 g/mol. The maximum absolute atomic E-state index is 12.0. The number of thiophene rings is 1. The Labute approximate surface area is 119 Å². The van der Waals surface area contributed by atoms with Crippen LogP contribution in [0.3, 0.4) is 0 Å². The van der Waals surface area contributed by atoms with Crippen LogP contribution in [-0.2, 0) is 9.53 Å². The number of ether oxygens (including phenoxy) is 1. The highest BCUT2D eigenvalue weighted by molar-refractivity contribution is 7.12. The first-order valence-electron chi connectivity index (χ1n) is 6.23. The maximum atomic E-state index is 12.0. The number of rotatable bonds is 5. The van der Waals surface area contributed by atoms with Crippen molar-refractivity contribution < 1.29 is 14.3 Å². The summed E-state index contributed by atoms with van der Waals surface area (Å²) in [7, 11) is 0. The molecule has 1 aromatic heterocycles. The Morgan fingerprint density at radius 1 is 1.70 bits per heavy atom. The van der Waals surface area contributed by atoms with Crippen molar-refractivity contribution in [3.05, 3.63) is 26.8 Å². The van der Waals surface area contributed by atoms with Crippen LogP contribution in [-0.4, -0.2) is 31.6 Å². The van der Waals surface area contributed by atoms with E-state index in [9.17, 15) is 9.59 Å². The quantitative estimate of drug-likeness (QED) is 0.361. The highest BCUT2D eigenvalue weighted by Crippen LogP contribution is 2.32. The molecule has 1 saturated heterocycles. The van der Waals surface area contributed by atoms with Crippen LogP contribution >= 0.6 is 11.3 Å². The highest BCUT2D eigenvalue weighted by atomic mass is 32.1. The molecule has 1 aliphatic rings. The summed E-state index contributed by atoms with van der Waals surface area (Å²) in [6.45, 7) is 2.78. The van der Waals surface area contributed by atoms with Gasteiger partial charge in [0, 0.05) is 24.4 Å². The van der Waals surface area contributed by atoms with Crippen molar-refractivity contribution in [1.29, 1.82) is 0 Å². The number of hydrogen-bond acceptors (Lipinski definition) is 5. The normalized spacial score (nSPS) is 17.9. The van der Waals surface area contributed by atoms with Gasteiger partial charge in [-0.1, -0.05) is 5.11 Å². The van der Waals surface area contributed by atoms with Crippen molar-refractivity contribution in [2.24, 2.45) is 11.0 Å². The Bertz CT molecular complexity index is 565. The fourth-order valence-electron chi connectivity index (χ4n) is 2.15. The van der Waals surface area contributed by atoms with E-state index in [0.29, 0.717) is 30.1 Å². The molecule has 20 heavy (non-hydrogen) atoms. The summed E-state index contributed by atoms with van der Waals surface area (Å²) in [6.07, 6.45) is 0.330. The van der Waals surface area contributed by atoms with Gasteiger partial charge in [0.1, 0.15) is 4.88 Å². The third kappa shape index (κ3) is 2.92. The summed E-state index contributed by atoms with van der Waals surface area (Å²) in [5.74, 6) is -0.482. The van der Waals surface area contributed by atoms with Gasteiger partial charge in [-0.25, -0.2) is 4.79 Å². The number of hydrogen-bond donors (Lipinski definition) is 0.